The number of ether oxygens (including phenoxy) is 1. The largest absolute Gasteiger partial charge is 0.497 e. The van der Waals surface area contributed by atoms with Crippen LogP contribution < -0.4 is 10.1 Å². The highest BCUT2D eigenvalue weighted by Crippen LogP contribution is 2.17. The number of fused-ring (bicyclic) bond motifs is 1. The molecule has 0 bridgehead atoms. The van der Waals surface area contributed by atoms with Crippen LogP contribution in [0.3, 0.4) is 0 Å². The molecule has 6 heteroatoms. The first kappa shape index (κ1) is 13.6. The van der Waals surface area contributed by atoms with Crippen molar-refractivity contribution in [3.8, 4) is 5.75 Å². The lowest BCUT2D eigenvalue weighted by Crippen LogP contribution is -2.24. The molecule has 108 valence electrons. The van der Waals surface area contributed by atoms with Crippen LogP contribution in [-0.4, -0.2) is 22.4 Å². The fraction of sp³-hybridized carbons (Fsp3) is 0.200. The van der Waals surface area contributed by atoms with E-state index in [-0.39, 0.29) is 5.91 Å². The van der Waals surface area contributed by atoms with Gasteiger partial charge in [-0.15, -0.1) is 11.3 Å². The summed E-state index contributed by atoms with van der Waals surface area (Å²) in [4.78, 5) is 17.6. The number of hydrogen-bond donors (Lipinski definition) is 1. The fourth-order valence-corrected chi connectivity index (χ4v) is 2.94. The van der Waals surface area contributed by atoms with Gasteiger partial charge in [0.2, 0.25) is 0 Å². The molecule has 0 aliphatic heterocycles. The van der Waals surface area contributed by atoms with Crippen LogP contribution in [0.5, 0.6) is 5.75 Å². The van der Waals surface area contributed by atoms with Gasteiger partial charge in [0.25, 0.3) is 5.91 Å². The normalized spacial score (nSPS) is 10.8. The Hall–Kier alpha value is -2.34. The van der Waals surface area contributed by atoms with Crippen molar-refractivity contribution in [3.63, 3.8) is 0 Å². The number of thiazole rings is 1. The molecule has 21 heavy (non-hydrogen) atoms. The van der Waals surface area contributed by atoms with E-state index in [4.69, 9.17) is 4.74 Å². The molecule has 0 unspecified atom stereocenters. The Balaban J connectivity index is 1.74. The van der Waals surface area contributed by atoms with E-state index in [0.29, 0.717) is 12.2 Å². The molecule has 0 atom stereocenters. The van der Waals surface area contributed by atoms with Gasteiger partial charge in [0.15, 0.2) is 4.96 Å². The first-order valence-electron chi connectivity index (χ1n) is 6.52. The molecular weight excluding hydrogens is 286 g/mol. The minimum atomic E-state index is -0.116. The molecule has 0 saturated carbocycles. The monoisotopic (exact) mass is 301 g/mol. The highest BCUT2D eigenvalue weighted by Gasteiger charge is 2.16. The van der Waals surface area contributed by atoms with Gasteiger partial charge in [-0.05, 0) is 24.6 Å². The van der Waals surface area contributed by atoms with E-state index < -0.39 is 0 Å². The highest BCUT2D eigenvalue weighted by atomic mass is 32.1. The van der Waals surface area contributed by atoms with Gasteiger partial charge in [0.05, 0.1) is 12.8 Å². The molecule has 0 radical (unpaired) electrons. The van der Waals surface area contributed by atoms with Gasteiger partial charge < -0.3 is 10.1 Å². The lowest BCUT2D eigenvalue weighted by molar-refractivity contribution is 0.0944. The molecule has 3 aromatic rings. The Kier molecular flexibility index (Phi) is 3.62. The molecule has 2 heterocycles. The average Bonchev–Trinajstić information content (AvgIpc) is 3.05. The minimum absolute atomic E-state index is 0.116. The SMILES string of the molecule is COc1ccc(CNC(=O)c2c(C)nc3sccn23)cc1. The number of imidazole rings is 1. The predicted molar refractivity (Wildman–Crippen MR) is 82.0 cm³/mol. The number of methoxy groups -OCH3 is 1. The van der Waals surface area contributed by atoms with Crippen LogP contribution in [0.15, 0.2) is 35.8 Å². The van der Waals surface area contributed by atoms with Crippen molar-refractivity contribution in [1.29, 1.82) is 0 Å². The summed E-state index contributed by atoms with van der Waals surface area (Å²) in [6, 6.07) is 7.62. The maximum Gasteiger partial charge on any atom is 0.270 e. The smallest absolute Gasteiger partial charge is 0.270 e. The van der Waals surface area contributed by atoms with E-state index in [2.05, 4.69) is 10.3 Å². The predicted octanol–water partition coefficient (Wildman–Crippen LogP) is 2.64. The van der Waals surface area contributed by atoms with Crippen molar-refractivity contribution >= 4 is 22.2 Å². The van der Waals surface area contributed by atoms with Crippen LogP contribution in [0.25, 0.3) is 4.96 Å². The summed E-state index contributed by atoms with van der Waals surface area (Å²) in [7, 11) is 1.63. The van der Waals surface area contributed by atoms with Crippen LogP contribution in [-0.2, 0) is 6.54 Å². The Labute approximate surface area is 126 Å². The number of carbonyl (C=O) groups excluding carboxylic acids is 1. The Morgan fingerprint density at radius 2 is 2.14 bits per heavy atom. The maximum absolute atomic E-state index is 12.3. The Bertz CT molecular complexity index is 774. The molecule has 0 saturated heterocycles. The summed E-state index contributed by atoms with van der Waals surface area (Å²) in [6.07, 6.45) is 1.86. The molecule has 0 aliphatic rings. The van der Waals surface area contributed by atoms with E-state index in [9.17, 15) is 4.79 Å². The summed E-state index contributed by atoms with van der Waals surface area (Å²) in [5, 5.41) is 4.84. The van der Waals surface area contributed by atoms with Crippen LogP contribution in [0.2, 0.25) is 0 Å². The number of hydrogen-bond acceptors (Lipinski definition) is 4. The highest BCUT2D eigenvalue weighted by molar-refractivity contribution is 7.15. The third-order valence-electron chi connectivity index (χ3n) is 3.26. The van der Waals surface area contributed by atoms with Crippen molar-refractivity contribution in [1.82, 2.24) is 14.7 Å². The summed E-state index contributed by atoms with van der Waals surface area (Å²) < 4.78 is 6.93. The zero-order valence-electron chi connectivity index (χ0n) is 11.8. The first-order valence-corrected chi connectivity index (χ1v) is 7.40. The van der Waals surface area contributed by atoms with Crippen molar-refractivity contribution in [2.45, 2.75) is 13.5 Å². The van der Waals surface area contributed by atoms with Crippen LogP contribution in [0, 0.1) is 6.92 Å². The molecule has 1 N–H and O–H groups in total. The van der Waals surface area contributed by atoms with Crippen molar-refractivity contribution < 1.29 is 9.53 Å². The molecule has 5 nitrogen and oxygen atoms in total. The molecule has 1 amide bonds. The number of nitrogens with one attached hydrogen (secondary N) is 1. The van der Waals surface area contributed by atoms with Gasteiger partial charge in [-0.1, -0.05) is 12.1 Å². The number of rotatable bonds is 4. The first-order chi connectivity index (χ1) is 10.2. The second kappa shape index (κ2) is 5.57. The minimum Gasteiger partial charge on any atom is -0.497 e. The lowest BCUT2D eigenvalue weighted by Gasteiger charge is -2.06. The van der Waals surface area contributed by atoms with Crippen LogP contribution >= 0.6 is 11.3 Å². The van der Waals surface area contributed by atoms with Gasteiger partial charge in [-0.25, -0.2) is 4.98 Å². The summed E-state index contributed by atoms with van der Waals surface area (Å²) >= 11 is 1.52. The van der Waals surface area contributed by atoms with Crippen molar-refractivity contribution in [2.75, 3.05) is 7.11 Å². The standard InChI is InChI=1S/C15H15N3O2S/c1-10-13(18-7-8-21-15(18)17-10)14(19)16-9-11-3-5-12(20-2)6-4-11/h3-8H,9H2,1-2H3,(H,16,19). The number of aryl methyl sites for hydroxylation is 1. The number of carbonyl (C=O) groups is 1. The third-order valence-corrected chi connectivity index (χ3v) is 4.02. The van der Waals surface area contributed by atoms with E-state index >= 15 is 0 Å². The molecule has 1 aromatic carbocycles. The molecule has 0 aliphatic carbocycles. The molecule has 0 fully saturated rings. The molecule has 3 rings (SSSR count). The zero-order chi connectivity index (χ0) is 14.8. The summed E-state index contributed by atoms with van der Waals surface area (Å²) in [6.45, 7) is 2.32. The molecular formula is C15H15N3O2S. The van der Waals surface area contributed by atoms with E-state index in [0.717, 1.165) is 22.0 Å². The summed E-state index contributed by atoms with van der Waals surface area (Å²) in [5.41, 5.74) is 2.36. The average molecular weight is 301 g/mol. The van der Waals surface area contributed by atoms with Crippen LogP contribution in [0.1, 0.15) is 21.7 Å². The van der Waals surface area contributed by atoms with Crippen molar-refractivity contribution in [3.05, 3.63) is 52.8 Å². The summed E-state index contributed by atoms with van der Waals surface area (Å²) in [5.74, 6) is 0.686. The van der Waals surface area contributed by atoms with Gasteiger partial charge in [-0.2, -0.15) is 0 Å². The van der Waals surface area contributed by atoms with E-state index in [1.807, 2.05) is 47.2 Å². The van der Waals surface area contributed by atoms with E-state index in [1.165, 1.54) is 11.3 Å². The fourth-order valence-electron chi connectivity index (χ4n) is 2.18. The lowest BCUT2D eigenvalue weighted by atomic mass is 10.2. The van der Waals surface area contributed by atoms with Crippen molar-refractivity contribution in [2.24, 2.45) is 0 Å². The number of nitrogens with zero attached hydrogens (tertiary/aromatic N) is 2. The molecule has 0 spiro atoms. The van der Waals surface area contributed by atoms with Gasteiger partial charge >= 0.3 is 0 Å². The number of benzene rings is 1. The number of aromatic nitrogens is 2. The third kappa shape index (κ3) is 2.62. The quantitative estimate of drug-likeness (QED) is 0.806. The maximum atomic E-state index is 12.3. The van der Waals surface area contributed by atoms with Gasteiger partial charge in [0, 0.05) is 18.1 Å². The Morgan fingerprint density at radius 1 is 1.38 bits per heavy atom. The molecule has 2 aromatic heterocycles. The second-order valence-corrected chi connectivity index (χ2v) is 5.51. The zero-order valence-corrected chi connectivity index (χ0v) is 12.6. The topological polar surface area (TPSA) is 55.6 Å². The number of amides is 1. The second-order valence-electron chi connectivity index (χ2n) is 4.63. The Morgan fingerprint density at radius 3 is 2.86 bits per heavy atom. The van der Waals surface area contributed by atoms with E-state index in [1.54, 1.807) is 7.11 Å². The van der Waals surface area contributed by atoms with Gasteiger partial charge in [-0.3, -0.25) is 9.20 Å². The van der Waals surface area contributed by atoms with Crippen LogP contribution in [0.4, 0.5) is 0 Å². The van der Waals surface area contributed by atoms with Gasteiger partial charge in [0.1, 0.15) is 11.4 Å².